The number of carbonyl (C=O) groups is 2. The first-order valence-electron chi connectivity index (χ1n) is 11.8. The van der Waals surface area contributed by atoms with Crippen molar-refractivity contribution in [2.75, 3.05) is 6.61 Å². The number of rotatable bonds is 14. The molecular formula is C26H39NO3. The van der Waals surface area contributed by atoms with Crippen LogP contribution in [0, 0.1) is 5.92 Å². The van der Waals surface area contributed by atoms with Gasteiger partial charge in [-0.3, -0.25) is 4.79 Å². The molecule has 2 unspecified atom stereocenters. The predicted molar refractivity (Wildman–Crippen MR) is 122 cm³/mol. The third-order valence-corrected chi connectivity index (χ3v) is 5.81. The molecule has 0 aromatic heterocycles. The number of carbonyl (C=O) groups excluding carboxylic acids is 2. The number of imide groups is 1. The lowest BCUT2D eigenvalue weighted by atomic mass is 10.0. The van der Waals surface area contributed by atoms with Gasteiger partial charge in [0.2, 0.25) is 5.91 Å². The van der Waals surface area contributed by atoms with Crippen molar-refractivity contribution in [3.63, 3.8) is 0 Å². The molecule has 1 aromatic rings. The second kappa shape index (κ2) is 14.0. The van der Waals surface area contributed by atoms with Crippen LogP contribution in [0.15, 0.2) is 42.5 Å². The van der Waals surface area contributed by atoms with Crippen LogP contribution in [0.3, 0.4) is 0 Å². The number of hydrogen-bond donors (Lipinski definition) is 0. The van der Waals surface area contributed by atoms with Crippen LogP contribution in [0.2, 0.25) is 0 Å². The highest BCUT2D eigenvalue weighted by atomic mass is 16.6. The molecule has 4 heteroatoms. The number of ether oxygens (including phenoxy) is 1. The maximum atomic E-state index is 12.9. The molecule has 2 rings (SSSR count). The molecule has 0 saturated carbocycles. The fourth-order valence-electron chi connectivity index (χ4n) is 3.92. The van der Waals surface area contributed by atoms with E-state index in [9.17, 15) is 9.59 Å². The lowest BCUT2D eigenvalue weighted by Crippen LogP contribution is -2.42. The highest BCUT2D eigenvalue weighted by molar-refractivity contribution is 5.94. The van der Waals surface area contributed by atoms with Crippen molar-refractivity contribution in [2.45, 2.75) is 90.5 Å². The van der Waals surface area contributed by atoms with Gasteiger partial charge in [0.25, 0.3) is 0 Å². The van der Waals surface area contributed by atoms with Gasteiger partial charge in [0.1, 0.15) is 6.61 Å². The van der Waals surface area contributed by atoms with Crippen LogP contribution in [-0.2, 0) is 16.0 Å². The number of allylic oxidation sites excluding steroid dienone is 2. The summed E-state index contributed by atoms with van der Waals surface area (Å²) >= 11 is 0. The average molecular weight is 414 g/mol. The van der Waals surface area contributed by atoms with Gasteiger partial charge >= 0.3 is 6.09 Å². The summed E-state index contributed by atoms with van der Waals surface area (Å²) in [5, 5.41) is 0. The molecule has 0 bridgehead atoms. The number of unbranched alkanes of at least 4 members (excludes halogenated alkanes) is 8. The summed E-state index contributed by atoms with van der Waals surface area (Å²) in [6, 6.07) is 9.73. The molecule has 2 atom stereocenters. The maximum absolute atomic E-state index is 12.9. The van der Waals surface area contributed by atoms with E-state index in [0.717, 1.165) is 12.0 Å². The van der Waals surface area contributed by atoms with Crippen LogP contribution >= 0.6 is 0 Å². The second-order valence-electron chi connectivity index (χ2n) is 8.50. The molecule has 4 nitrogen and oxygen atoms in total. The first kappa shape index (κ1) is 24.2. The highest BCUT2D eigenvalue weighted by Crippen LogP contribution is 2.21. The fraction of sp³-hybridized carbons (Fsp3) is 0.615. The van der Waals surface area contributed by atoms with Gasteiger partial charge in [0.05, 0.1) is 6.04 Å². The number of cyclic esters (lactones) is 1. The molecule has 0 spiro atoms. The number of hydrogen-bond acceptors (Lipinski definition) is 3. The van der Waals surface area contributed by atoms with E-state index in [1.54, 1.807) is 0 Å². The second-order valence-corrected chi connectivity index (χ2v) is 8.50. The van der Waals surface area contributed by atoms with E-state index in [1.165, 1.54) is 56.3 Å². The van der Waals surface area contributed by atoms with E-state index in [0.29, 0.717) is 12.8 Å². The van der Waals surface area contributed by atoms with Crippen molar-refractivity contribution >= 4 is 12.0 Å². The molecule has 1 fully saturated rings. The van der Waals surface area contributed by atoms with Crippen molar-refractivity contribution in [1.29, 1.82) is 0 Å². The molecule has 1 heterocycles. The Bertz CT molecular complexity index is 656. The summed E-state index contributed by atoms with van der Waals surface area (Å²) in [4.78, 5) is 26.3. The predicted octanol–water partition coefficient (Wildman–Crippen LogP) is 6.69. The van der Waals surface area contributed by atoms with Crippen molar-refractivity contribution in [3.8, 4) is 0 Å². The summed E-state index contributed by atoms with van der Waals surface area (Å²) in [5.74, 6) is -0.348. The average Bonchev–Trinajstić information content (AvgIpc) is 3.11. The van der Waals surface area contributed by atoms with Crippen LogP contribution in [0.25, 0.3) is 0 Å². The van der Waals surface area contributed by atoms with Gasteiger partial charge in [0, 0.05) is 5.92 Å². The minimum Gasteiger partial charge on any atom is -0.447 e. The third-order valence-electron chi connectivity index (χ3n) is 5.81. The Morgan fingerprint density at radius 2 is 1.73 bits per heavy atom. The summed E-state index contributed by atoms with van der Waals surface area (Å²) in [6.45, 7) is 4.43. The van der Waals surface area contributed by atoms with E-state index < -0.39 is 6.09 Å². The number of amides is 2. The lowest BCUT2D eigenvalue weighted by Gasteiger charge is -2.22. The molecule has 0 radical (unpaired) electrons. The van der Waals surface area contributed by atoms with Gasteiger partial charge in [-0.2, -0.15) is 0 Å². The molecule has 30 heavy (non-hydrogen) atoms. The molecule has 0 N–H and O–H groups in total. The van der Waals surface area contributed by atoms with Gasteiger partial charge in [-0.1, -0.05) is 101 Å². The fourth-order valence-corrected chi connectivity index (χ4v) is 3.92. The van der Waals surface area contributed by atoms with Gasteiger partial charge < -0.3 is 4.74 Å². The van der Waals surface area contributed by atoms with Gasteiger partial charge in [-0.15, -0.1) is 0 Å². The first-order valence-corrected chi connectivity index (χ1v) is 11.8. The Morgan fingerprint density at radius 3 is 2.43 bits per heavy atom. The van der Waals surface area contributed by atoms with Gasteiger partial charge in [0.15, 0.2) is 0 Å². The van der Waals surface area contributed by atoms with E-state index in [1.807, 2.05) is 37.3 Å². The minimum atomic E-state index is -0.504. The molecule has 1 aliphatic heterocycles. The Kier molecular flexibility index (Phi) is 11.3. The largest absolute Gasteiger partial charge is 0.447 e. The zero-order valence-electron chi connectivity index (χ0n) is 18.9. The van der Waals surface area contributed by atoms with Crippen molar-refractivity contribution in [2.24, 2.45) is 5.92 Å². The summed E-state index contributed by atoms with van der Waals surface area (Å²) < 4.78 is 5.18. The summed E-state index contributed by atoms with van der Waals surface area (Å²) in [5.41, 5.74) is 1.11. The zero-order chi connectivity index (χ0) is 21.6. The van der Waals surface area contributed by atoms with Gasteiger partial charge in [-0.25, -0.2) is 9.69 Å². The van der Waals surface area contributed by atoms with Crippen LogP contribution in [0.5, 0.6) is 0 Å². The summed E-state index contributed by atoms with van der Waals surface area (Å²) in [6.07, 6.45) is 16.7. The van der Waals surface area contributed by atoms with E-state index in [-0.39, 0.29) is 24.5 Å². The topological polar surface area (TPSA) is 46.6 Å². The highest BCUT2D eigenvalue weighted by Gasteiger charge is 2.39. The van der Waals surface area contributed by atoms with Crippen LogP contribution in [0.1, 0.15) is 83.6 Å². The van der Waals surface area contributed by atoms with Crippen molar-refractivity contribution in [1.82, 2.24) is 4.90 Å². The van der Waals surface area contributed by atoms with E-state index >= 15 is 0 Å². The Hall–Kier alpha value is -2.10. The molecule has 166 valence electrons. The zero-order valence-corrected chi connectivity index (χ0v) is 18.9. The van der Waals surface area contributed by atoms with Gasteiger partial charge in [-0.05, 0) is 31.2 Å². The third kappa shape index (κ3) is 8.33. The minimum absolute atomic E-state index is 0.129. The molecule has 2 amide bonds. The van der Waals surface area contributed by atoms with Crippen molar-refractivity contribution in [3.05, 3.63) is 48.0 Å². The standard InChI is InChI=1S/C26H39NO3/c1-3-4-5-6-7-8-9-10-11-12-14-17-22(2)25(28)27-24(21-30-26(27)29)20-23-18-15-13-16-19-23/h12-16,18-19,22,24H,3-11,17,20-21H2,1-2H3/b14-12+. The summed E-state index contributed by atoms with van der Waals surface area (Å²) in [7, 11) is 0. The van der Waals surface area contributed by atoms with Crippen LogP contribution in [0.4, 0.5) is 4.79 Å². The SMILES string of the molecule is CCCCCCCCCC/C=C/CC(C)C(=O)N1C(=O)OCC1Cc1ccccc1. The molecule has 1 aromatic carbocycles. The van der Waals surface area contributed by atoms with E-state index in [4.69, 9.17) is 4.74 Å². The van der Waals surface area contributed by atoms with Crippen LogP contribution < -0.4 is 0 Å². The molecule has 1 saturated heterocycles. The lowest BCUT2D eigenvalue weighted by molar-refractivity contribution is -0.132. The van der Waals surface area contributed by atoms with E-state index in [2.05, 4.69) is 19.1 Å². The molecule has 1 aliphatic rings. The molecular weight excluding hydrogens is 374 g/mol. The Balaban J connectivity index is 1.67. The monoisotopic (exact) mass is 413 g/mol. The Labute approximate surface area is 182 Å². The first-order chi connectivity index (χ1) is 14.6. The maximum Gasteiger partial charge on any atom is 0.416 e. The van der Waals surface area contributed by atoms with Crippen LogP contribution in [-0.4, -0.2) is 29.5 Å². The quantitative estimate of drug-likeness (QED) is 0.252. The normalized spacial score (nSPS) is 17.5. The number of benzene rings is 1. The Morgan fingerprint density at radius 1 is 1.07 bits per heavy atom. The smallest absolute Gasteiger partial charge is 0.416 e. The number of nitrogens with zero attached hydrogens (tertiary/aromatic N) is 1. The van der Waals surface area contributed by atoms with Crippen molar-refractivity contribution < 1.29 is 14.3 Å². The molecule has 0 aliphatic carbocycles.